The van der Waals surface area contributed by atoms with Gasteiger partial charge in [0, 0.05) is 18.7 Å². The van der Waals surface area contributed by atoms with Crippen LogP contribution in [0.25, 0.3) is 0 Å². The highest BCUT2D eigenvalue weighted by Gasteiger charge is 2.19. The van der Waals surface area contributed by atoms with E-state index in [4.69, 9.17) is 4.74 Å². The van der Waals surface area contributed by atoms with Crippen LogP contribution >= 0.6 is 0 Å². The van der Waals surface area contributed by atoms with Gasteiger partial charge in [-0.3, -0.25) is 4.79 Å². The number of methoxy groups -OCH3 is 1. The average molecular weight is 253 g/mol. The molecular weight excluding hydrogens is 238 g/mol. The van der Waals surface area contributed by atoms with Gasteiger partial charge in [-0.15, -0.1) is 0 Å². The molecule has 0 aliphatic rings. The molecule has 0 saturated carbocycles. The summed E-state index contributed by atoms with van der Waals surface area (Å²) in [6.45, 7) is 2.84. The van der Waals surface area contributed by atoms with Crippen molar-refractivity contribution in [1.29, 1.82) is 0 Å². The summed E-state index contributed by atoms with van der Waals surface area (Å²) in [5, 5.41) is 9.89. The molecule has 6 heteroatoms. The van der Waals surface area contributed by atoms with Gasteiger partial charge in [0.1, 0.15) is 17.9 Å². The summed E-state index contributed by atoms with van der Waals surface area (Å²) in [4.78, 5) is 25.8. The molecule has 0 amide bonds. The Kier molecular flexibility index (Phi) is 4.79. The van der Waals surface area contributed by atoms with Gasteiger partial charge in [-0.2, -0.15) is 0 Å². The van der Waals surface area contributed by atoms with E-state index in [2.05, 4.69) is 9.72 Å². The van der Waals surface area contributed by atoms with Crippen LogP contribution in [-0.2, 0) is 14.3 Å². The first-order valence-corrected chi connectivity index (χ1v) is 5.35. The number of rotatable bonds is 4. The van der Waals surface area contributed by atoms with Crippen LogP contribution in [0.5, 0.6) is 0 Å². The molecular formula is C12H15NO5. The predicted molar refractivity (Wildman–Crippen MR) is 61.8 cm³/mol. The third kappa shape index (κ3) is 3.53. The van der Waals surface area contributed by atoms with Crippen LogP contribution in [0.1, 0.15) is 36.0 Å². The summed E-state index contributed by atoms with van der Waals surface area (Å²) in [5.74, 6) is -1.02. The molecule has 18 heavy (non-hydrogen) atoms. The van der Waals surface area contributed by atoms with Gasteiger partial charge in [0.2, 0.25) is 0 Å². The van der Waals surface area contributed by atoms with E-state index in [0.29, 0.717) is 5.56 Å². The van der Waals surface area contributed by atoms with E-state index in [0.717, 1.165) is 0 Å². The molecule has 0 radical (unpaired) electrons. The normalized spacial score (nSPS) is 13.6. The molecule has 0 bridgehead atoms. The van der Waals surface area contributed by atoms with Gasteiger partial charge in [-0.05, 0) is 13.0 Å². The molecule has 0 aromatic carbocycles. The van der Waals surface area contributed by atoms with Crippen LogP contribution < -0.4 is 0 Å². The van der Waals surface area contributed by atoms with Gasteiger partial charge in [-0.25, -0.2) is 9.78 Å². The Bertz CT molecular complexity index is 429. The van der Waals surface area contributed by atoms with Crippen molar-refractivity contribution in [3.8, 4) is 0 Å². The van der Waals surface area contributed by atoms with Gasteiger partial charge in [0.15, 0.2) is 0 Å². The van der Waals surface area contributed by atoms with E-state index < -0.39 is 24.1 Å². The maximum Gasteiger partial charge on any atom is 0.356 e. The first-order chi connectivity index (χ1) is 8.45. The number of nitrogens with zero attached hydrogens (tertiary/aromatic N) is 1. The average Bonchev–Trinajstić information content (AvgIpc) is 2.36. The smallest absolute Gasteiger partial charge is 0.356 e. The number of hydrogen-bond donors (Lipinski definition) is 1. The Labute approximate surface area is 105 Å². The quantitative estimate of drug-likeness (QED) is 0.801. The molecule has 1 heterocycles. The highest BCUT2D eigenvalue weighted by Crippen LogP contribution is 2.18. The zero-order chi connectivity index (χ0) is 13.7. The van der Waals surface area contributed by atoms with Crippen molar-refractivity contribution < 1.29 is 24.2 Å². The van der Waals surface area contributed by atoms with Crippen molar-refractivity contribution in [2.45, 2.75) is 26.1 Å². The standard InChI is InChI=1S/C12H15NO5/c1-7(18-8(2)14)11(15)9-4-5-10(13-6-9)12(16)17-3/h4-7,11,15H,1-3H3/t7-,11+/m0/s1. The number of ether oxygens (including phenoxy) is 2. The Hall–Kier alpha value is -1.95. The Morgan fingerprint density at radius 1 is 1.39 bits per heavy atom. The number of esters is 2. The van der Waals surface area contributed by atoms with Crippen LogP contribution in [0.2, 0.25) is 0 Å². The Morgan fingerprint density at radius 2 is 2.06 bits per heavy atom. The lowest BCUT2D eigenvalue weighted by molar-refractivity contribution is -0.151. The van der Waals surface area contributed by atoms with Crippen molar-refractivity contribution in [3.05, 3.63) is 29.6 Å². The van der Waals surface area contributed by atoms with E-state index in [1.807, 2.05) is 0 Å². The molecule has 0 unspecified atom stereocenters. The molecule has 1 aromatic heterocycles. The third-order valence-electron chi connectivity index (χ3n) is 2.32. The van der Waals surface area contributed by atoms with E-state index in [1.165, 1.54) is 32.4 Å². The fourth-order valence-corrected chi connectivity index (χ4v) is 1.40. The molecule has 0 saturated heterocycles. The summed E-state index contributed by atoms with van der Waals surface area (Å²) < 4.78 is 9.36. The summed E-state index contributed by atoms with van der Waals surface area (Å²) in [6.07, 6.45) is -0.335. The van der Waals surface area contributed by atoms with Crippen LogP contribution in [-0.4, -0.2) is 35.2 Å². The lowest BCUT2D eigenvalue weighted by Gasteiger charge is -2.18. The van der Waals surface area contributed by atoms with Crippen LogP contribution in [0.4, 0.5) is 0 Å². The van der Waals surface area contributed by atoms with Crippen LogP contribution in [0, 0.1) is 0 Å². The number of carbonyl (C=O) groups excluding carboxylic acids is 2. The number of pyridine rings is 1. The number of hydrogen-bond acceptors (Lipinski definition) is 6. The maximum atomic E-state index is 11.2. The molecule has 1 rings (SSSR count). The second-order valence-corrected chi connectivity index (χ2v) is 3.73. The monoisotopic (exact) mass is 253 g/mol. The van der Waals surface area contributed by atoms with Crippen molar-refractivity contribution in [2.75, 3.05) is 7.11 Å². The molecule has 0 fully saturated rings. The molecule has 6 nitrogen and oxygen atoms in total. The van der Waals surface area contributed by atoms with Gasteiger partial charge >= 0.3 is 11.9 Å². The Balaban J connectivity index is 2.78. The topological polar surface area (TPSA) is 85.7 Å². The van der Waals surface area contributed by atoms with Gasteiger partial charge < -0.3 is 14.6 Å². The van der Waals surface area contributed by atoms with Crippen LogP contribution in [0.3, 0.4) is 0 Å². The predicted octanol–water partition coefficient (Wildman–Crippen LogP) is 0.853. The van der Waals surface area contributed by atoms with Crippen molar-refractivity contribution >= 4 is 11.9 Å². The first-order valence-electron chi connectivity index (χ1n) is 5.35. The fraction of sp³-hybridized carbons (Fsp3) is 0.417. The van der Waals surface area contributed by atoms with Gasteiger partial charge in [-0.1, -0.05) is 6.07 Å². The minimum atomic E-state index is -0.993. The van der Waals surface area contributed by atoms with Gasteiger partial charge in [0.25, 0.3) is 0 Å². The van der Waals surface area contributed by atoms with E-state index >= 15 is 0 Å². The molecule has 0 aliphatic heterocycles. The molecule has 2 atom stereocenters. The number of aromatic nitrogens is 1. The lowest BCUT2D eigenvalue weighted by Crippen LogP contribution is -2.21. The van der Waals surface area contributed by atoms with Crippen molar-refractivity contribution in [3.63, 3.8) is 0 Å². The summed E-state index contributed by atoms with van der Waals surface area (Å²) in [5.41, 5.74) is 0.602. The van der Waals surface area contributed by atoms with E-state index in [-0.39, 0.29) is 5.69 Å². The molecule has 0 aliphatic carbocycles. The number of aliphatic hydroxyl groups is 1. The summed E-state index contributed by atoms with van der Waals surface area (Å²) in [6, 6.07) is 2.97. The fourth-order valence-electron chi connectivity index (χ4n) is 1.40. The molecule has 98 valence electrons. The SMILES string of the molecule is COC(=O)c1ccc([C@H](O)[C@H](C)OC(C)=O)cn1. The highest BCUT2D eigenvalue weighted by molar-refractivity contribution is 5.86. The first kappa shape index (κ1) is 14.1. The number of carbonyl (C=O) groups is 2. The molecule has 1 aromatic rings. The minimum Gasteiger partial charge on any atom is -0.464 e. The summed E-state index contributed by atoms with van der Waals surface area (Å²) in [7, 11) is 1.26. The highest BCUT2D eigenvalue weighted by atomic mass is 16.6. The zero-order valence-electron chi connectivity index (χ0n) is 10.4. The molecule has 1 N–H and O–H groups in total. The second-order valence-electron chi connectivity index (χ2n) is 3.73. The largest absolute Gasteiger partial charge is 0.464 e. The second kappa shape index (κ2) is 6.11. The van der Waals surface area contributed by atoms with Gasteiger partial charge in [0.05, 0.1) is 7.11 Å². The lowest BCUT2D eigenvalue weighted by atomic mass is 10.1. The molecule has 0 spiro atoms. The van der Waals surface area contributed by atoms with Crippen LogP contribution in [0.15, 0.2) is 18.3 Å². The number of aliphatic hydroxyl groups excluding tert-OH is 1. The third-order valence-corrected chi connectivity index (χ3v) is 2.32. The van der Waals surface area contributed by atoms with E-state index in [9.17, 15) is 14.7 Å². The van der Waals surface area contributed by atoms with E-state index in [1.54, 1.807) is 6.92 Å². The maximum absolute atomic E-state index is 11.2. The zero-order valence-corrected chi connectivity index (χ0v) is 10.4. The Morgan fingerprint density at radius 3 is 2.50 bits per heavy atom. The van der Waals surface area contributed by atoms with Crippen molar-refractivity contribution in [2.24, 2.45) is 0 Å². The summed E-state index contributed by atoms with van der Waals surface area (Å²) >= 11 is 0. The van der Waals surface area contributed by atoms with Crippen molar-refractivity contribution in [1.82, 2.24) is 4.98 Å². The minimum absolute atomic E-state index is 0.147.